The second-order valence-corrected chi connectivity index (χ2v) is 5.68. The summed E-state index contributed by atoms with van der Waals surface area (Å²) in [5, 5.41) is 6.51. The van der Waals surface area contributed by atoms with Gasteiger partial charge in [-0.15, -0.1) is 24.8 Å². The first-order chi connectivity index (χ1) is 10.8. The van der Waals surface area contributed by atoms with Crippen LogP contribution in [-0.2, 0) is 4.79 Å². The summed E-state index contributed by atoms with van der Waals surface area (Å²) in [6.07, 6.45) is 5.54. The van der Waals surface area contributed by atoms with Crippen LogP contribution in [0.5, 0.6) is 0 Å². The Balaban J connectivity index is 0.00000144. The monoisotopic (exact) mass is 367 g/mol. The minimum Gasteiger partial charge on any atom is -0.345 e. The quantitative estimate of drug-likeness (QED) is 0.872. The topological polar surface area (TPSA) is 54.0 Å². The highest BCUT2D eigenvalue weighted by Gasteiger charge is 2.24. The molecule has 4 nitrogen and oxygen atoms in total. The van der Waals surface area contributed by atoms with Gasteiger partial charge in [-0.1, -0.05) is 30.3 Å². The van der Waals surface area contributed by atoms with Gasteiger partial charge in [-0.25, -0.2) is 0 Å². The van der Waals surface area contributed by atoms with E-state index in [-0.39, 0.29) is 42.7 Å². The number of halogens is 2. The predicted octanol–water partition coefficient (Wildman–Crippen LogP) is 3.13. The molecule has 2 heterocycles. The number of hydrogen-bond acceptors (Lipinski definition) is 3. The smallest absolute Gasteiger partial charge is 0.225 e. The van der Waals surface area contributed by atoms with Gasteiger partial charge in [-0.3, -0.25) is 9.78 Å². The highest BCUT2D eigenvalue weighted by atomic mass is 35.5. The van der Waals surface area contributed by atoms with E-state index in [2.05, 4.69) is 15.6 Å². The Morgan fingerprint density at radius 2 is 1.75 bits per heavy atom. The van der Waals surface area contributed by atoms with Crippen molar-refractivity contribution in [1.29, 1.82) is 0 Å². The summed E-state index contributed by atoms with van der Waals surface area (Å²) in [7, 11) is 0. The zero-order valence-corrected chi connectivity index (χ0v) is 15.0. The number of amides is 1. The van der Waals surface area contributed by atoms with Crippen molar-refractivity contribution >= 4 is 30.7 Å². The fourth-order valence-corrected chi connectivity index (χ4v) is 2.90. The number of hydrogen-bond donors (Lipinski definition) is 2. The molecular weight excluding hydrogens is 345 g/mol. The van der Waals surface area contributed by atoms with Gasteiger partial charge in [0.25, 0.3) is 0 Å². The molecule has 1 fully saturated rings. The van der Waals surface area contributed by atoms with Crippen LogP contribution in [0.4, 0.5) is 0 Å². The number of piperidine rings is 1. The lowest BCUT2D eigenvalue weighted by molar-refractivity contribution is -0.126. The summed E-state index contributed by atoms with van der Waals surface area (Å²) in [6, 6.07) is 13.9. The molecule has 3 rings (SSSR count). The molecular formula is C18H23Cl2N3O. The molecule has 130 valence electrons. The Kier molecular flexibility index (Phi) is 8.76. The van der Waals surface area contributed by atoms with Gasteiger partial charge in [-0.05, 0) is 42.6 Å². The van der Waals surface area contributed by atoms with E-state index in [1.807, 2.05) is 42.5 Å². The summed E-state index contributed by atoms with van der Waals surface area (Å²) < 4.78 is 0. The number of aromatic nitrogens is 1. The number of nitrogens with zero attached hydrogens (tertiary/aromatic N) is 1. The van der Waals surface area contributed by atoms with E-state index in [9.17, 15) is 4.79 Å². The van der Waals surface area contributed by atoms with Crippen LogP contribution in [0.2, 0.25) is 0 Å². The largest absolute Gasteiger partial charge is 0.345 e. The van der Waals surface area contributed by atoms with E-state index in [0.717, 1.165) is 37.1 Å². The molecule has 0 radical (unpaired) electrons. The Morgan fingerprint density at radius 3 is 2.38 bits per heavy atom. The van der Waals surface area contributed by atoms with Crippen molar-refractivity contribution in [3.8, 4) is 0 Å². The first-order valence-electron chi connectivity index (χ1n) is 7.80. The SMILES string of the molecule is Cl.Cl.O=C(NC(c1ccccc1)c1ccncc1)C1CCCNC1. The summed E-state index contributed by atoms with van der Waals surface area (Å²) in [5.74, 6) is 0.180. The molecule has 1 amide bonds. The maximum Gasteiger partial charge on any atom is 0.225 e. The summed E-state index contributed by atoms with van der Waals surface area (Å²) in [4.78, 5) is 16.7. The first-order valence-corrected chi connectivity index (χ1v) is 7.80. The van der Waals surface area contributed by atoms with Crippen LogP contribution >= 0.6 is 24.8 Å². The fraction of sp³-hybridized carbons (Fsp3) is 0.333. The van der Waals surface area contributed by atoms with Crippen LogP contribution in [0.1, 0.15) is 30.0 Å². The molecule has 0 aliphatic carbocycles. The Bertz CT molecular complexity index is 565. The first kappa shape index (κ1) is 20.4. The van der Waals surface area contributed by atoms with Gasteiger partial charge in [0.15, 0.2) is 0 Å². The van der Waals surface area contributed by atoms with Crippen LogP contribution in [0.25, 0.3) is 0 Å². The normalized spacial score (nSPS) is 17.8. The molecule has 1 aromatic heterocycles. The maximum atomic E-state index is 12.6. The number of pyridine rings is 1. The second kappa shape index (κ2) is 10.3. The summed E-state index contributed by atoms with van der Waals surface area (Å²) >= 11 is 0. The Morgan fingerprint density at radius 1 is 1.08 bits per heavy atom. The zero-order valence-electron chi connectivity index (χ0n) is 13.4. The number of carbonyl (C=O) groups is 1. The summed E-state index contributed by atoms with van der Waals surface area (Å²) in [5.41, 5.74) is 2.14. The Hall–Kier alpha value is -1.62. The van der Waals surface area contributed by atoms with Gasteiger partial charge in [0, 0.05) is 18.9 Å². The molecule has 1 saturated heterocycles. The van der Waals surface area contributed by atoms with E-state index in [1.54, 1.807) is 12.4 Å². The van der Waals surface area contributed by atoms with Crippen molar-refractivity contribution in [3.05, 3.63) is 66.0 Å². The molecule has 1 aliphatic rings. The molecule has 0 saturated carbocycles. The van der Waals surface area contributed by atoms with Crippen LogP contribution in [0.15, 0.2) is 54.9 Å². The van der Waals surface area contributed by atoms with Crippen molar-refractivity contribution in [2.75, 3.05) is 13.1 Å². The van der Waals surface area contributed by atoms with E-state index in [4.69, 9.17) is 0 Å². The number of rotatable bonds is 4. The zero-order chi connectivity index (χ0) is 15.2. The fourth-order valence-electron chi connectivity index (χ4n) is 2.90. The highest BCUT2D eigenvalue weighted by molar-refractivity contribution is 5.85. The molecule has 1 aromatic carbocycles. The minimum atomic E-state index is -0.126. The van der Waals surface area contributed by atoms with E-state index < -0.39 is 0 Å². The molecule has 2 unspecified atom stereocenters. The van der Waals surface area contributed by atoms with Crippen LogP contribution in [-0.4, -0.2) is 24.0 Å². The molecule has 0 bridgehead atoms. The minimum absolute atomic E-state index is 0. The number of benzene rings is 1. The molecule has 24 heavy (non-hydrogen) atoms. The molecule has 6 heteroatoms. The standard InChI is InChI=1S/C18H21N3O.2ClH/c22-18(16-7-4-10-20-13-16)21-17(14-5-2-1-3-6-14)15-8-11-19-12-9-15;;/h1-3,5-6,8-9,11-12,16-17,20H,4,7,10,13H2,(H,21,22);2*1H. The highest BCUT2D eigenvalue weighted by Crippen LogP contribution is 2.22. The molecule has 1 aliphatic heterocycles. The van der Waals surface area contributed by atoms with E-state index >= 15 is 0 Å². The van der Waals surface area contributed by atoms with E-state index in [0.29, 0.717) is 0 Å². The van der Waals surface area contributed by atoms with Crippen molar-refractivity contribution in [3.63, 3.8) is 0 Å². The van der Waals surface area contributed by atoms with Crippen molar-refractivity contribution in [2.24, 2.45) is 5.92 Å². The molecule has 2 aromatic rings. The average molecular weight is 368 g/mol. The third kappa shape index (κ3) is 5.20. The summed E-state index contributed by atoms with van der Waals surface area (Å²) in [6.45, 7) is 1.78. The van der Waals surface area contributed by atoms with Crippen LogP contribution in [0.3, 0.4) is 0 Å². The number of nitrogens with one attached hydrogen (secondary N) is 2. The molecule has 0 spiro atoms. The molecule has 2 N–H and O–H groups in total. The second-order valence-electron chi connectivity index (χ2n) is 5.68. The number of carbonyl (C=O) groups excluding carboxylic acids is 1. The van der Waals surface area contributed by atoms with Gasteiger partial charge in [0.1, 0.15) is 0 Å². The average Bonchev–Trinajstić information content (AvgIpc) is 2.62. The lowest BCUT2D eigenvalue weighted by Crippen LogP contribution is -2.42. The van der Waals surface area contributed by atoms with Crippen molar-refractivity contribution in [2.45, 2.75) is 18.9 Å². The van der Waals surface area contributed by atoms with Gasteiger partial charge in [-0.2, -0.15) is 0 Å². The Labute approximate surface area is 155 Å². The lowest BCUT2D eigenvalue weighted by atomic mass is 9.95. The molecule has 2 atom stereocenters. The van der Waals surface area contributed by atoms with Gasteiger partial charge >= 0.3 is 0 Å². The maximum absolute atomic E-state index is 12.6. The predicted molar refractivity (Wildman–Crippen MR) is 101 cm³/mol. The van der Waals surface area contributed by atoms with Crippen LogP contribution in [0, 0.1) is 5.92 Å². The van der Waals surface area contributed by atoms with Crippen molar-refractivity contribution in [1.82, 2.24) is 15.6 Å². The van der Waals surface area contributed by atoms with E-state index in [1.165, 1.54) is 0 Å². The third-order valence-corrected chi connectivity index (χ3v) is 4.13. The van der Waals surface area contributed by atoms with Gasteiger partial charge < -0.3 is 10.6 Å². The van der Waals surface area contributed by atoms with Crippen molar-refractivity contribution < 1.29 is 4.79 Å². The van der Waals surface area contributed by atoms with Gasteiger partial charge in [0.05, 0.1) is 12.0 Å². The lowest BCUT2D eigenvalue weighted by Gasteiger charge is -2.26. The van der Waals surface area contributed by atoms with Crippen LogP contribution < -0.4 is 10.6 Å². The van der Waals surface area contributed by atoms with Gasteiger partial charge in [0.2, 0.25) is 5.91 Å². The third-order valence-electron chi connectivity index (χ3n) is 4.13.